The number of para-hydroxylation sites is 1. The van der Waals surface area contributed by atoms with Crippen LogP contribution in [-0.4, -0.2) is 9.96 Å². The highest BCUT2D eigenvalue weighted by Crippen LogP contribution is 2.22. The summed E-state index contributed by atoms with van der Waals surface area (Å²) in [5, 5.41) is 3.62. The minimum Gasteiger partial charge on any atom is -0.400 e. The van der Waals surface area contributed by atoms with Crippen LogP contribution in [0, 0.1) is 0 Å². The number of unbranched alkanes of at least 4 members (excludes halogenated alkanes) is 2. The topological polar surface area (TPSA) is 75.1 Å². The van der Waals surface area contributed by atoms with E-state index in [1.165, 1.54) is 0 Å². The molecule has 5 nitrogen and oxygen atoms in total. The van der Waals surface area contributed by atoms with E-state index in [1.54, 1.807) is 24.3 Å². The molecule has 21 heavy (non-hydrogen) atoms. The van der Waals surface area contributed by atoms with Crippen molar-refractivity contribution < 1.29 is 8.39 Å². The van der Waals surface area contributed by atoms with Crippen LogP contribution in [-0.2, 0) is 11.1 Å². The highest BCUT2D eigenvalue weighted by molar-refractivity contribution is 9.11. The van der Waals surface area contributed by atoms with Crippen molar-refractivity contribution in [2.75, 3.05) is 5.75 Å². The maximum Gasteiger partial charge on any atom is 0.210 e. The zero-order valence-electron chi connectivity index (χ0n) is 11.9. The Labute approximate surface area is 135 Å². The van der Waals surface area contributed by atoms with Crippen molar-refractivity contribution in [1.82, 2.24) is 0 Å². The molecule has 0 aliphatic rings. The summed E-state index contributed by atoms with van der Waals surface area (Å²) in [5.41, 5.74) is 9.06. The van der Waals surface area contributed by atoms with Crippen molar-refractivity contribution >= 4 is 27.0 Å². The number of benzene rings is 1. The van der Waals surface area contributed by atoms with E-state index in [0.717, 1.165) is 30.2 Å². The summed E-state index contributed by atoms with van der Waals surface area (Å²) in [6.07, 6.45) is 3.97. The molecule has 0 N–H and O–H groups in total. The normalized spacial score (nSPS) is 13.0. The second-order valence-corrected chi connectivity index (χ2v) is 6.36. The van der Waals surface area contributed by atoms with Gasteiger partial charge in [0.1, 0.15) is 5.75 Å². The summed E-state index contributed by atoms with van der Waals surface area (Å²) in [6, 6.07) is 8.91. The van der Waals surface area contributed by atoms with E-state index >= 15 is 0 Å². The van der Waals surface area contributed by atoms with Gasteiger partial charge in [0.2, 0.25) is 11.1 Å². The second kappa shape index (κ2) is 10.4. The van der Waals surface area contributed by atoms with Gasteiger partial charge < -0.3 is 4.18 Å². The zero-order chi connectivity index (χ0) is 15.5. The third-order valence-electron chi connectivity index (χ3n) is 2.67. The summed E-state index contributed by atoms with van der Waals surface area (Å²) in [5.74, 6) is 0.587. The van der Waals surface area contributed by atoms with Crippen LogP contribution in [0.15, 0.2) is 45.6 Å². The van der Waals surface area contributed by atoms with Crippen LogP contribution in [0.4, 0.5) is 0 Å². The van der Waals surface area contributed by atoms with E-state index in [9.17, 15) is 4.21 Å². The van der Waals surface area contributed by atoms with Crippen LogP contribution >= 0.6 is 15.9 Å². The van der Waals surface area contributed by atoms with Gasteiger partial charge in [-0.3, -0.25) is 0 Å². The number of hydrogen-bond acceptors (Lipinski definition) is 3. The van der Waals surface area contributed by atoms with Gasteiger partial charge in [0.15, 0.2) is 0 Å². The molecule has 0 saturated heterocycles. The summed E-state index contributed by atoms with van der Waals surface area (Å²) >= 11 is 1.83. The Hall–Kier alpha value is -1.30. The van der Waals surface area contributed by atoms with E-state index in [1.807, 2.05) is 6.07 Å². The zero-order valence-corrected chi connectivity index (χ0v) is 14.3. The first-order valence-corrected chi connectivity index (χ1v) is 8.75. The number of azide groups is 1. The predicted molar refractivity (Wildman–Crippen MR) is 89.3 cm³/mol. The number of nitrogens with zero attached hydrogens (tertiary/aromatic N) is 3. The highest BCUT2D eigenvalue weighted by atomic mass is 79.9. The van der Waals surface area contributed by atoms with E-state index < -0.39 is 11.1 Å². The first-order chi connectivity index (χ1) is 10.2. The van der Waals surface area contributed by atoms with Gasteiger partial charge >= 0.3 is 0 Å². The van der Waals surface area contributed by atoms with Crippen LogP contribution in [0.25, 0.3) is 10.4 Å². The Kier molecular flexibility index (Phi) is 8.82. The van der Waals surface area contributed by atoms with Crippen molar-refractivity contribution in [3.8, 4) is 5.75 Å². The molecule has 0 aliphatic heterocycles. The third kappa shape index (κ3) is 7.32. The Morgan fingerprint density at radius 1 is 1.38 bits per heavy atom. The van der Waals surface area contributed by atoms with Gasteiger partial charge in [0, 0.05) is 15.1 Å². The van der Waals surface area contributed by atoms with Crippen LogP contribution in [0.2, 0.25) is 0 Å². The molecule has 0 amide bonds. The Bertz CT molecular complexity index is 542. The number of rotatable bonds is 9. The van der Waals surface area contributed by atoms with Crippen molar-refractivity contribution in [3.05, 3.63) is 51.0 Å². The number of allylic oxidation sites excluding steroid dienone is 1. The molecule has 1 atom stereocenters. The number of hydrogen-bond donors (Lipinski definition) is 0. The van der Waals surface area contributed by atoms with Gasteiger partial charge in [0.25, 0.3) is 0 Å². The van der Waals surface area contributed by atoms with Crippen LogP contribution < -0.4 is 4.18 Å². The van der Waals surface area contributed by atoms with Crippen molar-refractivity contribution in [2.45, 2.75) is 32.6 Å². The fraction of sp³-hybridized carbons (Fsp3) is 0.429. The molecular formula is C14H18BrN3O2S. The lowest BCUT2D eigenvalue weighted by Gasteiger charge is -2.07. The van der Waals surface area contributed by atoms with Gasteiger partial charge in [-0.05, 0) is 30.5 Å². The molecule has 0 fully saturated rings. The first kappa shape index (κ1) is 17.8. The fourth-order valence-electron chi connectivity index (χ4n) is 1.61. The summed E-state index contributed by atoms with van der Waals surface area (Å²) < 4.78 is 18.1. The average molecular weight is 372 g/mol. The summed E-state index contributed by atoms with van der Waals surface area (Å²) in [4.78, 5) is 2.79. The van der Waals surface area contributed by atoms with Gasteiger partial charge in [-0.25, -0.2) is 4.21 Å². The molecule has 1 aromatic carbocycles. The molecule has 7 heteroatoms. The molecule has 0 heterocycles. The highest BCUT2D eigenvalue weighted by Gasteiger charge is 2.10. The maximum absolute atomic E-state index is 12.0. The van der Waals surface area contributed by atoms with Gasteiger partial charge in [0.05, 0.1) is 5.75 Å². The summed E-state index contributed by atoms with van der Waals surface area (Å²) in [7, 11) is 0. The quantitative estimate of drug-likeness (QED) is 0.258. The predicted octanol–water partition coefficient (Wildman–Crippen LogP) is 5.23. The Balaban J connectivity index is 2.67. The maximum atomic E-state index is 12.0. The van der Waals surface area contributed by atoms with Crippen molar-refractivity contribution in [2.24, 2.45) is 5.11 Å². The molecule has 114 valence electrons. The van der Waals surface area contributed by atoms with Crippen molar-refractivity contribution in [1.29, 1.82) is 0 Å². The lowest BCUT2D eigenvalue weighted by Crippen LogP contribution is -2.07. The standard InChI is InChI=1S/C14H18BrN3O2S/c1-2-3-5-10-13(15)14(17-18-16)11-21(19)20-12-8-6-4-7-9-12/h4,6-9H,2-3,5,10-11H2,1H3/b14-13-. The molecule has 1 rings (SSSR count). The Morgan fingerprint density at radius 3 is 2.71 bits per heavy atom. The van der Waals surface area contributed by atoms with E-state index in [-0.39, 0.29) is 5.75 Å². The fourth-order valence-corrected chi connectivity index (χ4v) is 3.14. The van der Waals surface area contributed by atoms with Gasteiger partial charge in [-0.15, -0.1) is 0 Å². The van der Waals surface area contributed by atoms with E-state index in [2.05, 4.69) is 32.9 Å². The molecule has 0 aromatic heterocycles. The van der Waals surface area contributed by atoms with E-state index in [0.29, 0.717) is 11.4 Å². The molecule has 0 radical (unpaired) electrons. The Morgan fingerprint density at radius 2 is 2.10 bits per heavy atom. The molecule has 0 aliphatic carbocycles. The molecular weight excluding hydrogens is 354 g/mol. The molecule has 1 aromatic rings. The SMILES string of the molecule is CCCCC/C(Br)=C(\CS(=O)Oc1ccccc1)N=[N+]=[N-]. The third-order valence-corrected chi connectivity index (χ3v) is 4.41. The molecule has 0 saturated carbocycles. The smallest absolute Gasteiger partial charge is 0.210 e. The summed E-state index contributed by atoms with van der Waals surface area (Å²) in [6.45, 7) is 2.12. The first-order valence-electron chi connectivity index (χ1n) is 6.71. The lowest BCUT2D eigenvalue weighted by molar-refractivity contribution is 0.564. The van der Waals surface area contributed by atoms with Gasteiger partial charge in [-0.2, -0.15) is 0 Å². The van der Waals surface area contributed by atoms with Gasteiger partial charge in [-0.1, -0.05) is 59.0 Å². The molecule has 1 unspecified atom stereocenters. The van der Waals surface area contributed by atoms with E-state index in [4.69, 9.17) is 9.71 Å². The monoisotopic (exact) mass is 371 g/mol. The minimum absolute atomic E-state index is 0.0612. The molecule has 0 spiro atoms. The van der Waals surface area contributed by atoms with Crippen LogP contribution in [0.3, 0.4) is 0 Å². The van der Waals surface area contributed by atoms with Crippen LogP contribution in [0.5, 0.6) is 5.75 Å². The largest absolute Gasteiger partial charge is 0.400 e. The second-order valence-electron chi connectivity index (χ2n) is 4.34. The van der Waals surface area contributed by atoms with Crippen molar-refractivity contribution in [3.63, 3.8) is 0 Å². The molecule has 0 bridgehead atoms. The lowest BCUT2D eigenvalue weighted by atomic mass is 10.2. The minimum atomic E-state index is -1.58. The average Bonchev–Trinajstić information content (AvgIpc) is 2.48. The number of halogens is 1. The van der Waals surface area contributed by atoms with Crippen LogP contribution in [0.1, 0.15) is 32.6 Å².